The number of nitrogens with one attached hydrogen (secondary N) is 1. The van der Waals surface area contributed by atoms with Crippen molar-refractivity contribution in [1.82, 2.24) is 20.5 Å². The second kappa shape index (κ2) is 5.58. The summed E-state index contributed by atoms with van der Waals surface area (Å²) < 4.78 is 0. The largest absolute Gasteiger partial charge is 0.309 e. The van der Waals surface area contributed by atoms with E-state index in [1.165, 1.54) is 5.39 Å². The molecule has 0 amide bonds. The van der Waals surface area contributed by atoms with E-state index in [1.54, 1.807) is 0 Å². The van der Waals surface area contributed by atoms with Crippen LogP contribution in [-0.4, -0.2) is 22.2 Å². The number of aryl methyl sites for hydroxylation is 2. The van der Waals surface area contributed by atoms with Crippen molar-refractivity contribution in [2.45, 2.75) is 19.9 Å². The number of fused-ring (bicyclic) bond motifs is 1. The van der Waals surface area contributed by atoms with E-state index >= 15 is 0 Å². The highest BCUT2D eigenvalue weighted by Crippen LogP contribution is 2.29. The van der Waals surface area contributed by atoms with Crippen LogP contribution in [0.25, 0.3) is 10.8 Å². The highest BCUT2D eigenvalue weighted by atomic mass is 15.1. The molecule has 4 nitrogen and oxygen atoms in total. The Bertz CT molecular complexity index is 777. The third kappa shape index (κ3) is 2.50. The minimum Gasteiger partial charge on any atom is -0.309 e. The second-order valence-corrected chi connectivity index (χ2v) is 5.20. The van der Waals surface area contributed by atoms with Crippen molar-refractivity contribution in [2.24, 2.45) is 0 Å². The molecule has 4 heteroatoms. The van der Waals surface area contributed by atoms with Crippen molar-refractivity contribution in [3.05, 3.63) is 65.2 Å². The van der Waals surface area contributed by atoms with Crippen LogP contribution in [0, 0.1) is 13.8 Å². The third-order valence-corrected chi connectivity index (χ3v) is 3.75. The van der Waals surface area contributed by atoms with Crippen molar-refractivity contribution < 1.29 is 0 Å². The van der Waals surface area contributed by atoms with Gasteiger partial charge in [0.1, 0.15) is 0 Å². The maximum atomic E-state index is 4.38. The van der Waals surface area contributed by atoms with E-state index in [4.69, 9.17) is 0 Å². The first-order valence-corrected chi connectivity index (χ1v) is 7.01. The quantitative estimate of drug-likeness (QED) is 0.800. The molecule has 1 aromatic carbocycles. The predicted molar refractivity (Wildman–Crippen MR) is 84.2 cm³/mol. The van der Waals surface area contributed by atoms with Crippen molar-refractivity contribution in [2.75, 3.05) is 7.05 Å². The normalized spacial score (nSPS) is 12.5. The van der Waals surface area contributed by atoms with E-state index in [1.807, 2.05) is 39.4 Å². The van der Waals surface area contributed by atoms with E-state index in [9.17, 15) is 0 Å². The van der Waals surface area contributed by atoms with Crippen molar-refractivity contribution in [3.8, 4) is 0 Å². The summed E-state index contributed by atoms with van der Waals surface area (Å²) in [5.41, 5.74) is 4.16. The van der Waals surface area contributed by atoms with Gasteiger partial charge in [-0.05, 0) is 43.5 Å². The number of hydrogen-bond donors (Lipinski definition) is 1. The molecule has 0 saturated heterocycles. The number of nitrogens with zero attached hydrogens (tertiary/aromatic N) is 3. The fourth-order valence-electron chi connectivity index (χ4n) is 2.71. The summed E-state index contributed by atoms with van der Waals surface area (Å²) in [7, 11) is 1.96. The van der Waals surface area contributed by atoms with Gasteiger partial charge in [-0.25, -0.2) is 0 Å². The lowest BCUT2D eigenvalue weighted by Gasteiger charge is -2.20. The monoisotopic (exact) mass is 278 g/mol. The van der Waals surface area contributed by atoms with Crippen LogP contribution in [-0.2, 0) is 0 Å². The molecule has 2 heterocycles. The zero-order chi connectivity index (χ0) is 14.8. The molecular formula is C17H18N4. The lowest BCUT2D eigenvalue weighted by molar-refractivity contribution is 0.677. The van der Waals surface area contributed by atoms with Gasteiger partial charge in [0.25, 0.3) is 0 Å². The molecule has 0 radical (unpaired) electrons. The smallest absolute Gasteiger partial charge is 0.0651 e. The predicted octanol–water partition coefficient (Wildman–Crippen LogP) is 2.95. The van der Waals surface area contributed by atoms with Gasteiger partial charge in [0, 0.05) is 17.8 Å². The Balaban J connectivity index is 2.21. The maximum Gasteiger partial charge on any atom is 0.0651 e. The summed E-state index contributed by atoms with van der Waals surface area (Å²) in [6, 6.07) is 10.4. The Morgan fingerprint density at radius 2 is 1.81 bits per heavy atom. The minimum atomic E-state index is 0.0535. The van der Waals surface area contributed by atoms with E-state index < -0.39 is 0 Å². The maximum absolute atomic E-state index is 4.38. The van der Waals surface area contributed by atoms with Crippen LogP contribution in [0.1, 0.15) is 28.6 Å². The molecule has 0 saturated carbocycles. The van der Waals surface area contributed by atoms with Crippen LogP contribution in [0.2, 0.25) is 0 Å². The summed E-state index contributed by atoms with van der Waals surface area (Å²) in [6.07, 6.45) is 3.83. The topological polar surface area (TPSA) is 50.7 Å². The summed E-state index contributed by atoms with van der Waals surface area (Å²) in [6.45, 7) is 3.95. The Morgan fingerprint density at radius 3 is 2.62 bits per heavy atom. The molecule has 0 spiro atoms. The summed E-state index contributed by atoms with van der Waals surface area (Å²) in [4.78, 5) is 4.38. The van der Waals surface area contributed by atoms with Gasteiger partial charge in [-0.2, -0.15) is 10.2 Å². The Labute approximate surface area is 124 Å². The highest BCUT2D eigenvalue weighted by Gasteiger charge is 2.18. The molecule has 106 valence electrons. The summed E-state index contributed by atoms with van der Waals surface area (Å²) in [5.74, 6) is 0. The van der Waals surface area contributed by atoms with E-state index in [0.717, 1.165) is 27.9 Å². The average Bonchev–Trinajstić information content (AvgIpc) is 2.51. The zero-order valence-electron chi connectivity index (χ0n) is 12.5. The summed E-state index contributed by atoms with van der Waals surface area (Å²) in [5, 5.41) is 14.1. The number of hydrogen-bond acceptors (Lipinski definition) is 4. The Hall–Kier alpha value is -2.33. The molecule has 3 aromatic rings. The molecular weight excluding hydrogens is 260 g/mol. The molecule has 0 fully saturated rings. The molecule has 1 atom stereocenters. The van der Waals surface area contributed by atoms with Gasteiger partial charge in [0.2, 0.25) is 0 Å². The van der Waals surface area contributed by atoms with Gasteiger partial charge in [-0.3, -0.25) is 4.98 Å². The van der Waals surface area contributed by atoms with Gasteiger partial charge in [-0.15, -0.1) is 0 Å². The van der Waals surface area contributed by atoms with Gasteiger partial charge in [0.15, 0.2) is 0 Å². The van der Waals surface area contributed by atoms with Crippen molar-refractivity contribution in [1.29, 1.82) is 0 Å². The van der Waals surface area contributed by atoms with Crippen LogP contribution in [0.5, 0.6) is 0 Å². The molecule has 2 aromatic heterocycles. The third-order valence-electron chi connectivity index (χ3n) is 3.75. The highest BCUT2D eigenvalue weighted by molar-refractivity contribution is 5.85. The molecule has 0 bridgehead atoms. The molecule has 1 N–H and O–H groups in total. The van der Waals surface area contributed by atoms with Crippen LogP contribution >= 0.6 is 0 Å². The zero-order valence-corrected chi connectivity index (χ0v) is 12.5. The van der Waals surface area contributed by atoms with Crippen molar-refractivity contribution in [3.63, 3.8) is 0 Å². The number of benzene rings is 1. The van der Waals surface area contributed by atoms with Crippen LogP contribution in [0.3, 0.4) is 0 Å². The molecule has 3 rings (SSSR count). The van der Waals surface area contributed by atoms with Gasteiger partial charge in [-0.1, -0.05) is 24.3 Å². The second-order valence-electron chi connectivity index (χ2n) is 5.20. The number of pyridine rings is 1. The standard InChI is InChI=1S/C17H18N4/c1-11-8-15(12(2)21-20-11)17(18-3)16-10-19-9-13-6-4-5-7-14(13)16/h4-10,17-18H,1-3H3. The Kier molecular flexibility index (Phi) is 3.62. The van der Waals surface area contributed by atoms with Crippen LogP contribution in [0.4, 0.5) is 0 Å². The lowest BCUT2D eigenvalue weighted by Crippen LogP contribution is -2.20. The molecule has 0 aliphatic rings. The lowest BCUT2D eigenvalue weighted by atomic mass is 9.95. The van der Waals surface area contributed by atoms with Crippen LogP contribution in [0.15, 0.2) is 42.7 Å². The average molecular weight is 278 g/mol. The van der Waals surface area contributed by atoms with Gasteiger partial charge < -0.3 is 5.32 Å². The molecule has 21 heavy (non-hydrogen) atoms. The molecule has 1 unspecified atom stereocenters. The first kappa shape index (κ1) is 13.6. The van der Waals surface area contributed by atoms with E-state index in [-0.39, 0.29) is 6.04 Å². The number of aromatic nitrogens is 3. The van der Waals surface area contributed by atoms with E-state index in [2.05, 4.69) is 44.8 Å². The first-order valence-electron chi connectivity index (χ1n) is 7.01. The molecule has 0 aliphatic carbocycles. The van der Waals surface area contributed by atoms with Crippen molar-refractivity contribution >= 4 is 10.8 Å². The van der Waals surface area contributed by atoms with E-state index in [0.29, 0.717) is 0 Å². The van der Waals surface area contributed by atoms with Gasteiger partial charge >= 0.3 is 0 Å². The first-order chi connectivity index (χ1) is 10.2. The number of rotatable bonds is 3. The molecule has 0 aliphatic heterocycles. The fraction of sp³-hybridized carbons (Fsp3) is 0.235. The summed E-state index contributed by atoms with van der Waals surface area (Å²) >= 11 is 0. The Morgan fingerprint density at radius 1 is 1.00 bits per heavy atom. The van der Waals surface area contributed by atoms with Gasteiger partial charge in [0.05, 0.1) is 17.4 Å². The van der Waals surface area contributed by atoms with Crippen LogP contribution < -0.4 is 5.32 Å². The minimum absolute atomic E-state index is 0.0535. The fourth-order valence-corrected chi connectivity index (χ4v) is 2.71. The SMILES string of the molecule is CNC(c1cc(C)nnc1C)c1cncc2ccccc12.